The number of nitrogens with zero attached hydrogens (tertiary/aromatic N) is 1. The molecule has 3 N–H and O–H groups in total. The van der Waals surface area contributed by atoms with E-state index in [2.05, 4.69) is 41.5 Å². The zero-order chi connectivity index (χ0) is 17.4. The van der Waals surface area contributed by atoms with E-state index in [-0.39, 0.29) is 11.7 Å². The van der Waals surface area contributed by atoms with Gasteiger partial charge >= 0.3 is 0 Å². The minimum atomic E-state index is -0.191. The molecule has 0 atom stereocenters. The van der Waals surface area contributed by atoms with Gasteiger partial charge in [-0.15, -0.1) is 0 Å². The first-order valence-corrected chi connectivity index (χ1v) is 8.69. The molecular formula is C20H27N3O. The molecule has 4 nitrogen and oxygen atoms in total. The maximum atomic E-state index is 12.2. The molecule has 4 heteroatoms. The molecule has 0 fully saturated rings. The Morgan fingerprint density at radius 2 is 1.75 bits per heavy atom. The average molecular weight is 325 g/mol. The van der Waals surface area contributed by atoms with Crippen LogP contribution < -0.4 is 11.1 Å². The molecule has 0 radical (unpaired) electrons. The number of rotatable bonds is 8. The second-order valence-electron chi connectivity index (χ2n) is 6.20. The van der Waals surface area contributed by atoms with Gasteiger partial charge < -0.3 is 11.1 Å². The van der Waals surface area contributed by atoms with E-state index < -0.39 is 0 Å². The quantitative estimate of drug-likeness (QED) is 0.720. The second-order valence-corrected chi connectivity index (χ2v) is 6.20. The number of carbonyl (C=O) groups excluding carboxylic acids is 1. The van der Waals surface area contributed by atoms with Gasteiger partial charge in [-0.05, 0) is 43.0 Å². The minimum Gasteiger partial charge on any atom is -0.383 e. The molecule has 0 saturated heterocycles. The Morgan fingerprint density at radius 1 is 1.04 bits per heavy atom. The summed E-state index contributed by atoms with van der Waals surface area (Å²) in [4.78, 5) is 16.3. The first-order valence-electron chi connectivity index (χ1n) is 8.69. The summed E-state index contributed by atoms with van der Waals surface area (Å²) in [6.07, 6.45) is 6.23. The Hall–Kier alpha value is -2.36. The molecule has 1 aromatic heterocycles. The third-order valence-corrected chi connectivity index (χ3v) is 4.10. The van der Waals surface area contributed by atoms with E-state index in [4.69, 9.17) is 5.73 Å². The molecule has 0 unspecified atom stereocenters. The number of nitrogens with one attached hydrogen (secondary N) is 1. The standard InChI is InChI=1S/C20H27N3O/c1-3-4-5-6-7-16-9-11-17(12-10-16)14-22-20(24)18-13-8-15(2)23-19(18)21/h8-13H,3-7,14H2,1-2H3,(H2,21,23)(H,22,24). The van der Waals surface area contributed by atoms with Crippen LogP contribution in [-0.2, 0) is 13.0 Å². The van der Waals surface area contributed by atoms with Gasteiger partial charge in [-0.25, -0.2) is 4.98 Å². The first kappa shape index (κ1) is 18.0. The number of nitrogen functional groups attached to an aromatic ring is 1. The van der Waals surface area contributed by atoms with E-state index in [0.717, 1.165) is 17.7 Å². The van der Waals surface area contributed by atoms with Gasteiger partial charge in [0.15, 0.2) is 0 Å². The number of aryl methyl sites for hydroxylation is 2. The van der Waals surface area contributed by atoms with Crippen LogP contribution in [0.15, 0.2) is 36.4 Å². The molecule has 0 saturated carbocycles. The third kappa shape index (κ3) is 5.37. The number of hydrogen-bond donors (Lipinski definition) is 2. The van der Waals surface area contributed by atoms with Crippen LogP contribution in [0.2, 0.25) is 0 Å². The Kier molecular flexibility index (Phi) is 6.79. The highest BCUT2D eigenvalue weighted by Crippen LogP contribution is 2.12. The number of nitrogens with two attached hydrogens (primary N) is 1. The number of anilines is 1. The minimum absolute atomic E-state index is 0.191. The highest BCUT2D eigenvalue weighted by molar-refractivity contribution is 5.98. The molecule has 0 bridgehead atoms. The van der Waals surface area contributed by atoms with Crippen LogP contribution >= 0.6 is 0 Å². The highest BCUT2D eigenvalue weighted by Gasteiger charge is 2.10. The predicted molar refractivity (Wildman–Crippen MR) is 98.8 cm³/mol. The zero-order valence-electron chi connectivity index (χ0n) is 14.6. The highest BCUT2D eigenvalue weighted by atomic mass is 16.1. The Morgan fingerprint density at radius 3 is 2.42 bits per heavy atom. The number of unbranched alkanes of at least 4 members (excludes halogenated alkanes) is 3. The Balaban J connectivity index is 1.84. The van der Waals surface area contributed by atoms with E-state index >= 15 is 0 Å². The largest absolute Gasteiger partial charge is 0.383 e. The Labute approximate surface area is 144 Å². The van der Waals surface area contributed by atoms with Crippen LogP contribution in [0.1, 0.15) is 59.8 Å². The van der Waals surface area contributed by atoms with Gasteiger partial charge in [0.1, 0.15) is 5.82 Å². The van der Waals surface area contributed by atoms with Crippen molar-refractivity contribution in [3.05, 3.63) is 58.8 Å². The lowest BCUT2D eigenvalue weighted by Crippen LogP contribution is -2.24. The molecule has 128 valence electrons. The van der Waals surface area contributed by atoms with Crippen LogP contribution in [0.5, 0.6) is 0 Å². The molecule has 0 aliphatic rings. The van der Waals surface area contributed by atoms with Crippen molar-refractivity contribution in [2.24, 2.45) is 0 Å². The summed E-state index contributed by atoms with van der Waals surface area (Å²) in [5, 5.41) is 2.90. The third-order valence-electron chi connectivity index (χ3n) is 4.10. The molecule has 2 aromatic rings. The maximum Gasteiger partial charge on any atom is 0.255 e. The van der Waals surface area contributed by atoms with Crippen molar-refractivity contribution in [1.82, 2.24) is 10.3 Å². The summed E-state index contributed by atoms with van der Waals surface area (Å²) >= 11 is 0. The fourth-order valence-electron chi connectivity index (χ4n) is 2.63. The van der Waals surface area contributed by atoms with Gasteiger partial charge in [0.05, 0.1) is 5.56 Å². The lowest BCUT2D eigenvalue weighted by molar-refractivity contribution is 0.0951. The van der Waals surface area contributed by atoms with Gasteiger partial charge in [-0.1, -0.05) is 50.5 Å². The maximum absolute atomic E-state index is 12.2. The normalized spacial score (nSPS) is 10.6. The summed E-state index contributed by atoms with van der Waals surface area (Å²) in [6.45, 7) is 4.56. The fraction of sp³-hybridized carbons (Fsp3) is 0.400. The van der Waals surface area contributed by atoms with Gasteiger partial charge in [0.25, 0.3) is 5.91 Å². The lowest BCUT2D eigenvalue weighted by atomic mass is 10.0. The van der Waals surface area contributed by atoms with Crippen LogP contribution in [0, 0.1) is 6.92 Å². The number of carbonyl (C=O) groups is 1. The molecule has 1 aromatic carbocycles. The Bertz CT molecular complexity index is 665. The van der Waals surface area contributed by atoms with Crippen molar-refractivity contribution in [2.75, 3.05) is 5.73 Å². The van der Waals surface area contributed by atoms with Crippen LogP contribution in [-0.4, -0.2) is 10.9 Å². The van der Waals surface area contributed by atoms with Crippen molar-refractivity contribution in [1.29, 1.82) is 0 Å². The number of aromatic nitrogens is 1. The SMILES string of the molecule is CCCCCCc1ccc(CNC(=O)c2ccc(C)nc2N)cc1. The van der Waals surface area contributed by atoms with Gasteiger partial charge in [0, 0.05) is 12.2 Å². The number of benzene rings is 1. The molecule has 1 amide bonds. The second kappa shape index (κ2) is 9.06. The van der Waals surface area contributed by atoms with Crippen molar-refractivity contribution >= 4 is 11.7 Å². The first-order chi connectivity index (χ1) is 11.6. The summed E-state index contributed by atoms with van der Waals surface area (Å²) in [5.74, 6) is 0.0820. The van der Waals surface area contributed by atoms with E-state index in [0.29, 0.717) is 12.1 Å². The number of amides is 1. The topological polar surface area (TPSA) is 68.0 Å². The summed E-state index contributed by atoms with van der Waals surface area (Å²) in [5.41, 5.74) is 9.47. The number of pyridine rings is 1. The van der Waals surface area contributed by atoms with Crippen molar-refractivity contribution < 1.29 is 4.79 Å². The summed E-state index contributed by atoms with van der Waals surface area (Å²) in [6, 6.07) is 12.0. The van der Waals surface area contributed by atoms with Crippen molar-refractivity contribution in [3.8, 4) is 0 Å². The monoisotopic (exact) mass is 325 g/mol. The molecule has 0 spiro atoms. The zero-order valence-corrected chi connectivity index (χ0v) is 14.6. The summed E-state index contributed by atoms with van der Waals surface area (Å²) < 4.78 is 0. The fourth-order valence-corrected chi connectivity index (χ4v) is 2.63. The van der Waals surface area contributed by atoms with E-state index in [1.54, 1.807) is 12.1 Å². The van der Waals surface area contributed by atoms with Crippen LogP contribution in [0.4, 0.5) is 5.82 Å². The average Bonchev–Trinajstić information content (AvgIpc) is 2.57. The van der Waals surface area contributed by atoms with Crippen molar-refractivity contribution in [2.45, 2.75) is 52.5 Å². The predicted octanol–water partition coefficient (Wildman–Crippen LogP) is 4.03. The van der Waals surface area contributed by atoms with E-state index in [9.17, 15) is 4.79 Å². The molecule has 0 aliphatic carbocycles. The van der Waals surface area contributed by atoms with E-state index in [1.807, 2.05) is 6.92 Å². The molecular weight excluding hydrogens is 298 g/mol. The van der Waals surface area contributed by atoms with E-state index in [1.165, 1.54) is 31.2 Å². The molecule has 1 heterocycles. The molecule has 0 aliphatic heterocycles. The number of hydrogen-bond acceptors (Lipinski definition) is 3. The van der Waals surface area contributed by atoms with Crippen molar-refractivity contribution in [3.63, 3.8) is 0 Å². The van der Waals surface area contributed by atoms with Crippen LogP contribution in [0.25, 0.3) is 0 Å². The molecule has 2 rings (SSSR count). The van der Waals surface area contributed by atoms with Crippen LogP contribution in [0.3, 0.4) is 0 Å². The molecule has 24 heavy (non-hydrogen) atoms. The van der Waals surface area contributed by atoms with Gasteiger partial charge in [-0.3, -0.25) is 4.79 Å². The van der Waals surface area contributed by atoms with Gasteiger partial charge in [0.2, 0.25) is 0 Å². The van der Waals surface area contributed by atoms with Gasteiger partial charge in [-0.2, -0.15) is 0 Å². The lowest BCUT2D eigenvalue weighted by Gasteiger charge is -2.08. The smallest absolute Gasteiger partial charge is 0.255 e. The summed E-state index contributed by atoms with van der Waals surface area (Å²) in [7, 11) is 0.